The molecule has 6 nitrogen and oxygen atoms in total. The second-order valence-corrected chi connectivity index (χ2v) is 6.28. The van der Waals surface area contributed by atoms with Gasteiger partial charge < -0.3 is 14.9 Å². The molecule has 3 aromatic rings. The number of fused-ring (bicyclic) bond motifs is 1. The molecular formula is C20H15FN4O2. The van der Waals surface area contributed by atoms with Crippen molar-refractivity contribution in [2.75, 3.05) is 5.73 Å². The Hall–Kier alpha value is -3.66. The summed E-state index contributed by atoms with van der Waals surface area (Å²) in [5, 5.41) is 17.2. The van der Waals surface area contributed by atoms with Crippen LogP contribution in [-0.4, -0.2) is 10.7 Å². The highest BCUT2D eigenvalue weighted by Gasteiger charge is 2.26. The van der Waals surface area contributed by atoms with Crippen LogP contribution in [0.2, 0.25) is 0 Å². The number of hydrogen-bond acceptors (Lipinski definition) is 6. The molecule has 0 amide bonds. The number of oxazole rings is 1. The largest absolute Gasteiger partial charge is 0.486 e. The molecule has 1 aliphatic rings. The fourth-order valence-electron chi connectivity index (χ4n) is 3.26. The molecule has 0 saturated carbocycles. The summed E-state index contributed by atoms with van der Waals surface area (Å²) in [7, 11) is 0. The Bertz CT molecular complexity index is 1070. The van der Waals surface area contributed by atoms with Gasteiger partial charge in [-0.3, -0.25) is 5.41 Å². The number of nitrogens with one attached hydrogen (secondary N) is 1. The molecule has 7 heteroatoms. The topological polar surface area (TPSA) is 109 Å². The highest BCUT2D eigenvalue weighted by Crippen LogP contribution is 2.37. The van der Waals surface area contributed by atoms with Crippen LogP contribution in [0.3, 0.4) is 0 Å². The number of nitrogens with zero attached hydrogens (tertiary/aromatic N) is 2. The first-order chi connectivity index (χ1) is 13.1. The molecule has 0 aliphatic heterocycles. The molecule has 1 atom stereocenters. The minimum atomic E-state index is -0.545. The zero-order valence-corrected chi connectivity index (χ0v) is 14.2. The van der Waals surface area contributed by atoms with Gasteiger partial charge in [-0.15, -0.1) is 0 Å². The summed E-state index contributed by atoms with van der Waals surface area (Å²) in [4.78, 5) is 3.81. The number of nitrogens with two attached hydrogens (primary N) is 1. The molecule has 134 valence electrons. The Labute approximate surface area is 154 Å². The molecule has 2 aromatic carbocycles. The fourth-order valence-corrected chi connectivity index (χ4v) is 3.26. The summed E-state index contributed by atoms with van der Waals surface area (Å²) < 4.78 is 25.2. The lowest BCUT2D eigenvalue weighted by Gasteiger charge is -2.17. The van der Waals surface area contributed by atoms with Crippen LogP contribution in [0.4, 0.5) is 10.1 Å². The quantitative estimate of drug-likeness (QED) is 0.543. The van der Waals surface area contributed by atoms with E-state index in [2.05, 4.69) is 4.98 Å². The van der Waals surface area contributed by atoms with E-state index >= 15 is 0 Å². The Morgan fingerprint density at radius 2 is 2.22 bits per heavy atom. The van der Waals surface area contributed by atoms with Crippen LogP contribution in [-0.2, 0) is 6.42 Å². The van der Waals surface area contributed by atoms with Gasteiger partial charge in [0.25, 0.3) is 0 Å². The zero-order valence-electron chi connectivity index (χ0n) is 14.2. The standard InChI is InChI=1S/C20H15FN4O2/c21-16-7-14-11(5-12(16)8-22)1-4-18(14)27-13-2-3-17(23)15(6-13)20(24)19-9-25-10-26-19/h2-3,5-7,9-10,18,24H,1,4,23H2. The van der Waals surface area contributed by atoms with E-state index in [9.17, 15) is 4.39 Å². The monoisotopic (exact) mass is 362 g/mol. The van der Waals surface area contributed by atoms with Gasteiger partial charge in [0, 0.05) is 11.3 Å². The second-order valence-electron chi connectivity index (χ2n) is 6.28. The van der Waals surface area contributed by atoms with Crippen LogP contribution in [0, 0.1) is 22.6 Å². The molecule has 0 spiro atoms. The number of ether oxygens (including phenoxy) is 1. The molecule has 1 unspecified atom stereocenters. The number of rotatable bonds is 4. The van der Waals surface area contributed by atoms with Crippen molar-refractivity contribution < 1.29 is 13.5 Å². The number of anilines is 1. The van der Waals surface area contributed by atoms with Crippen molar-refractivity contribution in [3.63, 3.8) is 0 Å². The van der Waals surface area contributed by atoms with Gasteiger partial charge in [0.2, 0.25) is 0 Å². The fraction of sp³-hybridized carbons (Fsp3) is 0.150. The van der Waals surface area contributed by atoms with Crippen LogP contribution < -0.4 is 10.5 Å². The van der Waals surface area contributed by atoms with E-state index in [0.29, 0.717) is 35.6 Å². The molecule has 3 N–H and O–H groups in total. The van der Waals surface area contributed by atoms with Crippen molar-refractivity contribution in [2.24, 2.45) is 0 Å². The van der Waals surface area contributed by atoms with Crippen LogP contribution in [0.1, 0.15) is 40.5 Å². The van der Waals surface area contributed by atoms with Gasteiger partial charge in [-0.1, -0.05) is 0 Å². The van der Waals surface area contributed by atoms with Crippen molar-refractivity contribution in [1.82, 2.24) is 4.98 Å². The first-order valence-electron chi connectivity index (χ1n) is 8.33. The molecular weight excluding hydrogens is 347 g/mol. The number of aryl methyl sites for hydroxylation is 1. The number of benzene rings is 2. The van der Waals surface area contributed by atoms with E-state index in [-0.39, 0.29) is 17.4 Å². The Balaban J connectivity index is 1.62. The van der Waals surface area contributed by atoms with Gasteiger partial charge in [-0.05, 0) is 54.3 Å². The normalized spacial score (nSPS) is 15.2. The third-order valence-corrected chi connectivity index (χ3v) is 4.62. The zero-order chi connectivity index (χ0) is 19.0. The predicted molar refractivity (Wildman–Crippen MR) is 96.1 cm³/mol. The molecule has 0 radical (unpaired) electrons. The number of hydrogen-bond donors (Lipinski definition) is 2. The predicted octanol–water partition coefficient (Wildman–Crippen LogP) is 3.75. The number of aromatic nitrogens is 1. The lowest BCUT2D eigenvalue weighted by Crippen LogP contribution is -2.08. The summed E-state index contributed by atoms with van der Waals surface area (Å²) in [6.45, 7) is 0. The second kappa shape index (κ2) is 6.57. The maximum Gasteiger partial charge on any atom is 0.181 e. The average Bonchev–Trinajstić information content (AvgIpc) is 3.33. The third kappa shape index (κ3) is 3.02. The maximum atomic E-state index is 14.0. The molecule has 1 aromatic heterocycles. The number of nitriles is 1. The van der Waals surface area contributed by atoms with Gasteiger partial charge in [-0.25, -0.2) is 9.37 Å². The summed E-state index contributed by atoms with van der Waals surface area (Å²) in [5.74, 6) is 0.277. The van der Waals surface area contributed by atoms with Gasteiger partial charge in [0.05, 0.1) is 11.8 Å². The summed E-state index contributed by atoms with van der Waals surface area (Å²) in [6, 6.07) is 9.86. The van der Waals surface area contributed by atoms with Crippen molar-refractivity contribution >= 4 is 11.4 Å². The lowest BCUT2D eigenvalue weighted by atomic mass is 10.0. The lowest BCUT2D eigenvalue weighted by molar-refractivity contribution is 0.207. The molecule has 1 aliphatic carbocycles. The van der Waals surface area contributed by atoms with Crippen LogP contribution in [0.5, 0.6) is 5.75 Å². The SMILES string of the molecule is N#Cc1cc2c(cc1F)C(Oc1ccc(N)c(C(=N)c3cnco3)c1)CC2. The Kier molecular flexibility index (Phi) is 4.09. The van der Waals surface area contributed by atoms with Crippen LogP contribution in [0.15, 0.2) is 47.3 Å². The van der Waals surface area contributed by atoms with E-state index in [1.165, 1.54) is 18.7 Å². The van der Waals surface area contributed by atoms with Crippen molar-refractivity contribution in [3.8, 4) is 11.8 Å². The van der Waals surface area contributed by atoms with Crippen molar-refractivity contribution in [1.29, 1.82) is 10.7 Å². The van der Waals surface area contributed by atoms with Gasteiger partial charge in [0.1, 0.15) is 29.5 Å². The van der Waals surface area contributed by atoms with Gasteiger partial charge >= 0.3 is 0 Å². The molecule has 0 saturated heterocycles. The summed E-state index contributed by atoms with van der Waals surface area (Å²) >= 11 is 0. The molecule has 1 heterocycles. The van der Waals surface area contributed by atoms with Gasteiger partial charge in [-0.2, -0.15) is 5.26 Å². The van der Waals surface area contributed by atoms with Gasteiger partial charge in [0.15, 0.2) is 12.2 Å². The Morgan fingerprint density at radius 3 is 2.96 bits per heavy atom. The molecule has 4 rings (SSSR count). The van der Waals surface area contributed by atoms with E-state index in [4.69, 9.17) is 25.6 Å². The summed E-state index contributed by atoms with van der Waals surface area (Å²) in [6.07, 6.45) is 3.77. The highest BCUT2D eigenvalue weighted by molar-refractivity contribution is 6.12. The molecule has 0 fully saturated rings. The third-order valence-electron chi connectivity index (χ3n) is 4.62. The van der Waals surface area contributed by atoms with E-state index in [1.54, 1.807) is 24.3 Å². The van der Waals surface area contributed by atoms with Crippen LogP contribution >= 0.6 is 0 Å². The van der Waals surface area contributed by atoms with E-state index < -0.39 is 5.82 Å². The maximum absolute atomic E-state index is 14.0. The van der Waals surface area contributed by atoms with Crippen molar-refractivity contribution in [2.45, 2.75) is 18.9 Å². The smallest absolute Gasteiger partial charge is 0.181 e. The minimum absolute atomic E-state index is 0.0460. The summed E-state index contributed by atoms with van der Waals surface area (Å²) in [5.41, 5.74) is 8.69. The van der Waals surface area contributed by atoms with E-state index in [0.717, 1.165) is 11.1 Å². The number of nitrogen functional groups attached to an aromatic ring is 1. The first-order valence-corrected chi connectivity index (χ1v) is 8.33. The van der Waals surface area contributed by atoms with Crippen LogP contribution in [0.25, 0.3) is 0 Å². The highest BCUT2D eigenvalue weighted by atomic mass is 19.1. The van der Waals surface area contributed by atoms with Crippen molar-refractivity contribution in [3.05, 3.63) is 76.8 Å². The first kappa shape index (κ1) is 16.8. The molecule has 27 heavy (non-hydrogen) atoms. The average molecular weight is 362 g/mol. The Morgan fingerprint density at radius 1 is 1.37 bits per heavy atom. The minimum Gasteiger partial charge on any atom is -0.486 e. The molecule has 0 bridgehead atoms. The van der Waals surface area contributed by atoms with E-state index in [1.807, 2.05) is 6.07 Å². The number of halogens is 1.